The van der Waals surface area contributed by atoms with E-state index < -0.39 is 12.3 Å². The van der Waals surface area contributed by atoms with Gasteiger partial charge in [0, 0.05) is 26.6 Å². The molecule has 0 bridgehead atoms. The molecule has 8 nitrogen and oxygen atoms in total. The van der Waals surface area contributed by atoms with Crippen LogP contribution >= 0.6 is 15.9 Å². The minimum Gasteiger partial charge on any atom is -0.343 e. The minimum atomic E-state index is -2.73. The first kappa shape index (κ1) is 20.4. The number of alkyl halides is 2. The number of aromatic nitrogens is 4. The van der Waals surface area contributed by atoms with Gasteiger partial charge in [-0.3, -0.25) is 19.0 Å². The number of hydrogen-bond acceptors (Lipinski definition) is 4. The van der Waals surface area contributed by atoms with Crippen LogP contribution in [0.4, 0.5) is 14.5 Å². The van der Waals surface area contributed by atoms with Crippen LogP contribution in [0, 0.1) is 0 Å². The molecule has 0 radical (unpaired) electrons. The van der Waals surface area contributed by atoms with Gasteiger partial charge < -0.3 is 10.2 Å². The molecule has 0 saturated heterocycles. The summed E-state index contributed by atoms with van der Waals surface area (Å²) in [7, 11) is 3.21. The smallest absolute Gasteiger partial charge is 0.283 e. The highest BCUT2D eigenvalue weighted by Gasteiger charge is 2.34. The normalized spacial score (nSPS) is 13.8. The summed E-state index contributed by atoms with van der Waals surface area (Å²) in [6.07, 6.45) is 0.422. The molecule has 0 aliphatic heterocycles. The van der Waals surface area contributed by atoms with Crippen molar-refractivity contribution >= 4 is 33.4 Å². The number of amides is 2. The third kappa shape index (κ3) is 3.94. The molecule has 0 unspecified atom stereocenters. The zero-order chi connectivity index (χ0) is 20.6. The van der Waals surface area contributed by atoms with E-state index in [4.69, 9.17) is 0 Å². The van der Waals surface area contributed by atoms with E-state index in [-0.39, 0.29) is 39.9 Å². The highest BCUT2D eigenvalue weighted by Crippen LogP contribution is 2.45. The quantitative estimate of drug-likeness (QED) is 0.690. The molecule has 0 atom stereocenters. The second-order valence-corrected chi connectivity index (χ2v) is 7.58. The molecule has 3 rings (SSSR count). The molecule has 1 saturated carbocycles. The molecule has 0 spiro atoms. The standard InChI is InChI=1S/C17H21BrF2N6O2/c1-4-25-15(17(28)24(2)3)10(7-21-25)22-11(27)8-26-14(9-5-6-9)12(18)13(23-26)16(19)20/h7,9,16H,4-6,8H2,1-3H3,(H,22,27). The molecule has 1 aliphatic rings. The highest BCUT2D eigenvalue weighted by molar-refractivity contribution is 9.10. The molecule has 2 amide bonds. The van der Waals surface area contributed by atoms with E-state index in [1.54, 1.807) is 14.1 Å². The van der Waals surface area contributed by atoms with Crippen LogP contribution in [-0.4, -0.2) is 50.4 Å². The van der Waals surface area contributed by atoms with Crippen molar-refractivity contribution in [2.24, 2.45) is 0 Å². The van der Waals surface area contributed by atoms with E-state index in [0.29, 0.717) is 12.2 Å². The van der Waals surface area contributed by atoms with Gasteiger partial charge in [0.25, 0.3) is 12.3 Å². The van der Waals surface area contributed by atoms with E-state index in [9.17, 15) is 18.4 Å². The summed E-state index contributed by atoms with van der Waals surface area (Å²) in [6, 6.07) is 0. The Kier molecular flexibility index (Phi) is 5.82. The molecule has 11 heteroatoms. The molecule has 2 aromatic heterocycles. The summed E-state index contributed by atoms with van der Waals surface area (Å²) >= 11 is 3.20. The predicted molar refractivity (Wildman–Crippen MR) is 101 cm³/mol. The van der Waals surface area contributed by atoms with Crippen molar-refractivity contribution in [2.75, 3.05) is 19.4 Å². The molecule has 1 fully saturated rings. The second-order valence-electron chi connectivity index (χ2n) is 6.79. The van der Waals surface area contributed by atoms with E-state index in [1.165, 1.54) is 20.5 Å². The van der Waals surface area contributed by atoms with Crippen molar-refractivity contribution < 1.29 is 18.4 Å². The van der Waals surface area contributed by atoms with Crippen molar-refractivity contribution in [3.05, 3.63) is 27.8 Å². The molecule has 2 aromatic rings. The average molecular weight is 459 g/mol. The molecule has 1 N–H and O–H groups in total. The van der Waals surface area contributed by atoms with E-state index >= 15 is 0 Å². The molecular formula is C17H21BrF2N6O2. The number of nitrogens with one attached hydrogen (secondary N) is 1. The predicted octanol–water partition coefficient (Wildman–Crippen LogP) is 3.02. The number of rotatable bonds is 7. The van der Waals surface area contributed by atoms with Gasteiger partial charge in [0.2, 0.25) is 5.91 Å². The van der Waals surface area contributed by atoms with Crippen LogP contribution in [0.2, 0.25) is 0 Å². The van der Waals surface area contributed by atoms with Gasteiger partial charge in [-0.25, -0.2) is 8.78 Å². The molecule has 0 aromatic carbocycles. The first-order valence-corrected chi connectivity index (χ1v) is 9.65. The minimum absolute atomic E-state index is 0.121. The van der Waals surface area contributed by atoms with Gasteiger partial charge in [-0.05, 0) is 35.7 Å². The Labute approximate surface area is 169 Å². The number of aryl methyl sites for hydroxylation is 1. The molecule has 152 valence electrons. The first-order chi connectivity index (χ1) is 13.2. The number of anilines is 1. The summed E-state index contributed by atoms with van der Waals surface area (Å²) < 4.78 is 29.5. The third-order valence-electron chi connectivity index (χ3n) is 4.44. The molecule has 1 aliphatic carbocycles. The highest BCUT2D eigenvalue weighted by atomic mass is 79.9. The van der Waals surface area contributed by atoms with Gasteiger partial charge in [-0.1, -0.05) is 0 Å². The molecule has 2 heterocycles. The Morgan fingerprint density at radius 1 is 1.36 bits per heavy atom. The lowest BCUT2D eigenvalue weighted by molar-refractivity contribution is -0.117. The third-order valence-corrected chi connectivity index (χ3v) is 5.25. The van der Waals surface area contributed by atoms with Gasteiger partial charge in [-0.2, -0.15) is 10.2 Å². The van der Waals surface area contributed by atoms with E-state index in [2.05, 4.69) is 31.4 Å². The topological polar surface area (TPSA) is 85.0 Å². The van der Waals surface area contributed by atoms with Crippen LogP contribution in [0.15, 0.2) is 10.7 Å². The maximum atomic E-state index is 13.2. The van der Waals surface area contributed by atoms with Crippen LogP contribution in [0.5, 0.6) is 0 Å². The average Bonchev–Trinajstić information content (AvgIpc) is 3.30. The molecule has 28 heavy (non-hydrogen) atoms. The fraction of sp³-hybridized carbons (Fsp3) is 0.529. The maximum Gasteiger partial charge on any atom is 0.283 e. The molecular weight excluding hydrogens is 438 g/mol. The van der Waals surface area contributed by atoms with Gasteiger partial charge in [-0.15, -0.1) is 0 Å². The lowest BCUT2D eigenvalue weighted by atomic mass is 10.2. The van der Waals surface area contributed by atoms with Crippen molar-refractivity contribution in [3.63, 3.8) is 0 Å². The van der Waals surface area contributed by atoms with Gasteiger partial charge in [0.15, 0.2) is 0 Å². The van der Waals surface area contributed by atoms with E-state index in [1.807, 2.05) is 6.92 Å². The lowest BCUT2D eigenvalue weighted by Gasteiger charge is -2.14. The Balaban J connectivity index is 1.83. The lowest BCUT2D eigenvalue weighted by Crippen LogP contribution is -2.27. The maximum absolute atomic E-state index is 13.2. The monoisotopic (exact) mass is 458 g/mol. The van der Waals surface area contributed by atoms with Crippen molar-refractivity contribution in [3.8, 4) is 0 Å². The summed E-state index contributed by atoms with van der Waals surface area (Å²) in [5, 5.41) is 10.7. The largest absolute Gasteiger partial charge is 0.343 e. The Morgan fingerprint density at radius 3 is 2.57 bits per heavy atom. The number of nitrogens with zero attached hydrogens (tertiary/aromatic N) is 5. The number of hydrogen-bond donors (Lipinski definition) is 1. The number of carbonyl (C=O) groups excluding carboxylic acids is 2. The van der Waals surface area contributed by atoms with Crippen molar-refractivity contribution in [2.45, 2.75) is 45.2 Å². The summed E-state index contributed by atoms with van der Waals surface area (Å²) in [5.74, 6) is -0.646. The van der Waals surface area contributed by atoms with Crippen molar-refractivity contribution in [1.29, 1.82) is 0 Å². The number of halogens is 3. The zero-order valence-corrected chi connectivity index (χ0v) is 17.3. The SMILES string of the molecule is CCn1ncc(NC(=O)Cn2nc(C(F)F)c(Br)c2C2CC2)c1C(=O)N(C)C. The van der Waals surface area contributed by atoms with Crippen LogP contribution in [-0.2, 0) is 17.9 Å². The summed E-state index contributed by atoms with van der Waals surface area (Å²) in [5.41, 5.74) is 0.785. The van der Waals surface area contributed by atoms with E-state index in [0.717, 1.165) is 12.8 Å². The van der Waals surface area contributed by atoms with Crippen LogP contribution in [0.25, 0.3) is 0 Å². The van der Waals surface area contributed by atoms with Crippen LogP contribution in [0.1, 0.15) is 54.0 Å². The Hall–Kier alpha value is -2.30. The van der Waals surface area contributed by atoms with Gasteiger partial charge in [0.1, 0.15) is 17.9 Å². The summed E-state index contributed by atoms with van der Waals surface area (Å²) in [6.45, 7) is 2.06. The Morgan fingerprint density at radius 2 is 2.04 bits per heavy atom. The van der Waals surface area contributed by atoms with Crippen LogP contribution < -0.4 is 5.32 Å². The second kappa shape index (κ2) is 7.98. The summed E-state index contributed by atoms with van der Waals surface area (Å²) in [4.78, 5) is 26.4. The zero-order valence-electron chi connectivity index (χ0n) is 15.7. The van der Waals surface area contributed by atoms with Crippen LogP contribution in [0.3, 0.4) is 0 Å². The van der Waals surface area contributed by atoms with Gasteiger partial charge >= 0.3 is 0 Å². The fourth-order valence-electron chi connectivity index (χ4n) is 2.96. The Bertz CT molecular complexity index is 904. The van der Waals surface area contributed by atoms with Crippen molar-refractivity contribution in [1.82, 2.24) is 24.5 Å². The number of carbonyl (C=O) groups is 2. The van der Waals surface area contributed by atoms with Gasteiger partial charge in [0.05, 0.1) is 22.1 Å². The fourth-order valence-corrected chi connectivity index (χ4v) is 3.74. The first-order valence-electron chi connectivity index (χ1n) is 8.86.